The van der Waals surface area contributed by atoms with Gasteiger partial charge in [0.25, 0.3) is 0 Å². The van der Waals surface area contributed by atoms with Gasteiger partial charge in [0.1, 0.15) is 5.54 Å². The van der Waals surface area contributed by atoms with E-state index in [0.29, 0.717) is 11.0 Å². The van der Waals surface area contributed by atoms with Crippen LogP contribution in [0.1, 0.15) is 27.7 Å². The monoisotopic (exact) mass is 349 g/mol. The van der Waals surface area contributed by atoms with Crippen molar-refractivity contribution in [3.8, 4) is 16.8 Å². The maximum Gasteiger partial charge on any atom is 0.234 e. The van der Waals surface area contributed by atoms with Gasteiger partial charge in [0.2, 0.25) is 11.1 Å². The number of nitriles is 1. The number of aromatic amines is 1. The van der Waals surface area contributed by atoms with Gasteiger partial charge in [-0.1, -0.05) is 31.7 Å². The Morgan fingerprint density at radius 1 is 1.52 bits per heavy atom. The van der Waals surface area contributed by atoms with Gasteiger partial charge in [0.15, 0.2) is 5.82 Å². The average molecular weight is 349 g/mol. The van der Waals surface area contributed by atoms with Gasteiger partial charge in [-0.2, -0.15) is 5.26 Å². The van der Waals surface area contributed by atoms with Crippen LogP contribution in [0.4, 0.5) is 0 Å². The lowest BCUT2D eigenvalue weighted by Gasteiger charge is -2.28. The van der Waals surface area contributed by atoms with E-state index in [4.69, 9.17) is 0 Å². The van der Waals surface area contributed by atoms with Crippen molar-refractivity contribution in [1.29, 1.82) is 5.26 Å². The molecule has 0 saturated heterocycles. The Kier molecular flexibility index (Phi) is 5.44. The van der Waals surface area contributed by atoms with Crippen molar-refractivity contribution in [2.75, 3.05) is 0 Å². The van der Waals surface area contributed by atoms with Crippen molar-refractivity contribution in [3.63, 3.8) is 0 Å². The molecule has 2 heterocycles. The molecule has 0 radical (unpaired) electrons. The van der Waals surface area contributed by atoms with Crippen LogP contribution in [-0.2, 0) is 4.79 Å². The van der Waals surface area contributed by atoms with Crippen molar-refractivity contribution in [2.45, 2.75) is 43.6 Å². The standard InChI is InChI=1S/C15H19N5OS2/c1-9(2)15(4,8-16)18-13(21)10(3)23-14-17-12(19-20-14)11-6-5-7-22-11/h5-7,9-10H,1-4H3,(H,18,21)(H,17,19,20)/t10-,15+/m0/s1. The first kappa shape index (κ1) is 17.5. The number of thiophene rings is 1. The van der Waals surface area contributed by atoms with E-state index >= 15 is 0 Å². The predicted molar refractivity (Wildman–Crippen MR) is 92.0 cm³/mol. The third-order valence-electron chi connectivity index (χ3n) is 3.64. The summed E-state index contributed by atoms with van der Waals surface area (Å²) in [5.74, 6) is 0.511. The van der Waals surface area contributed by atoms with E-state index in [1.165, 1.54) is 11.8 Å². The predicted octanol–water partition coefficient (Wildman–Crippen LogP) is 3.07. The SMILES string of the molecule is CC(C)[C@@](C)(C#N)NC(=O)[C@H](C)Sc1n[nH]c(-c2cccs2)n1. The van der Waals surface area contributed by atoms with Crippen molar-refractivity contribution >= 4 is 29.0 Å². The highest BCUT2D eigenvalue weighted by Crippen LogP contribution is 2.26. The minimum absolute atomic E-state index is 0.0163. The Balaban J connectivity index is 2.00. The van der Waals surface area contributed by atoms with Gasteiger partial charge < -0.3 is 5.32 Å². The fraction of sp³-hybridized carbons (Fsp3) is 0.467. The summed E-state index contributed by atoms with van der Waals surface area (Å²) < 4.78 is 0. The van der Waals surface area contributed by atoms with Crippen LogP contribution >= 0.6 is 23.1 Å². The summed E-state index contributed by atoms with van der Waals surface area (Å²) in [5, 5.41) is 21.2. The number of nitrogens with zero attached hydrogens (tertiary/aromatic N) is 3. The smallest absolute Gasteiger partial charge is 0.234 e. The highest BCUT2D eigenvalue weighted by Gasteiger charge is 2.32. The van der Waals surface area contributed by atoms with E-state index in [1.807, 2.05) is 31.4 Å². The molecule has 0 unspecified atom stereocenters. The second kappa shape index (κ2) is 7.15. The van der Waals surface area contributed by atoms with Gasteiger partial charge in [0.05, 0.1) is 16.2 Å². The number of thioether (sulfide) groups is 1. The molecule has 0 aliphatic carbocycles. The number of amides is 1. The van der Waals surface area contributed by atoms with Crippen LogP contribution in [0.3, 0.4) is 0 Å². The number of hydrogen-bond acceptors (Lipinski definition) is 6. The highest BCUT2D eigenvalue weighted by atomic mass is 32.2. The van der Waals surface area contributed by atoms with E-state index in [1.54, 1.807) is 25.2 Å². The number of hydrogen-bond donors (Lipinski definition) is 2. The molecule has 23 heavy (non-hydrogen) atoms. The third kappa shape index (κ3) is 4.12. The van der Waals surface area contributed by atoms with Gasteiger partial charge in [-0.3, -0.25) is 9.89 Å². The molecule has 0 aliphatic rings. The lowest BCUT2D eigenvalue weighted by molar-refractivity contribution is -0.121. The van der Waals surface area contributed by atoms with E-state index < -0.39 is 10.8 Å². The highest BCUT2D eigenvalue weighted by molar-refractivity contribution is 8.00. The fourth-order valence-corrected chi connectivity index (χ4v) is 3.08. The molecular weight excluding hydrogens is 330 g/mol. The van der Waals surface area contributed by atoms with Gasteiger partial charge in [-0.25, -0.2) is 4.98 Å². The molecule has 0 aromatic carbocycles. The van der Waals surface area contributed by atoms with Crippen molar-refractivity contribution in [1.82, 2.24) is 20.5 Å². The van der Waals surface area contributed by atoms with Crippen LogP contribution in [0, 0.1) is 17.2 Å². The van der Waals surface area contributed by atoms with Crippen molar-refractivity contribution in [2.24, 2.45) is 5.92 Å². The molecule has 0 saturated carbocycles. The summed E-state index contributed by atoms with van der Waals surface area (Å²) in [7, 11) is 0. The molecule has 0 aliphatic heterocycles. The topological polar surface area (TPSA) is 94.5 Å². The Morgan fingerprint density at radius 2 is 2.26 bits per heavy atom. The van der Waals surface area contributed by atoms with E-state index in [2.05, 4.69) is 26.6 Å². The first-order valence-corrected chi connectivity index (χ1v) is 8.98. The van der Waals surface area contributed by atoms with Gasteiger partial charge in [0, 0.05) is 0 Å². The summed E-state index contributed by atoms with van der Waals surface area (Å²) in [5.41, 5.74) is -0.882. The van der Waals surface area contributed by atoms with E-state index in [0.717, 1.165) is 4.88 Å². The summed E-state index contributed by atoms with van der Waals surface area (Å²) in [6, 6.07) is 6.07. The lowest BCUT2D eigenvalue weighted by atomic mass is 9.90. The molecule has 1 amide bonds. The molecule has 122 valence electrons. The Bertz CT molecular complexity index is 704. The molecule has 6 nitrogen and oxygen atoms in total. The first-order valence-electron chi connectivity index (χ1n) is 7.22. The van der Waals surface area contributed by atoms with Crippen LogP contribution in [0.2, 0.25) is 0 Å². The van der Waals surface area contributed by atoms with E-state index in [9.17, 15) is 10.1 Å². The largest absolute Gasteiger partial charge is 0.337 e. The maximum absolute atomic E-state index is 12.3. The first-order chi connectivity index (χ1) is 10.9. The zero-order valence-electron chi connectivity index (χ0n) is 13.5. The molecular formula is C15H19N5OS2. The summed E-state index contributed by atoms with van der Waals surface area (Å²) in [6.45, 7) is 7.32. The molecule has 2 atom stereocenters. The van der Waals surface area contributed by atoms with Crippen molar-refractivity contribution < 1.29 is 4.79 Å². The van der Waals surface area contributed by atoms with E-state index in [-0.39, 0.29) is 11.8 Å². The third-order valence-corrected chi connectivity index (χ3v) is 5.48. The number of aromatic nitrogens is 3. The van der Waals surface area contributed by atoms with Gasteiger partial charge in [-0.05, 0) is 31.2 Å². The number of carbonyl (C=O) groups is 1. The molecule has 0 fully saturated rings. The number of H-pyrrole nitrogens is 1. The Morgan fingerprint density at radius 3 is 2.83 bits per heavy atom. The maximum atomic E-state index is 12.3. The van der Waals surface area contributed by atoms with Crippen molar-refractivity contribution in [3.05, 3.63) is 17.5 Å². The molecule has 0 bridgehead atoms. The van der Waals surface area contributed by atoms with Gasteiger partial charge >= 0.3 is 0 Å². The molecule has 0 spiro atoms. The van der Waals surface area contributed by atoms with Crippen LogP contribution < -0.4 is 5.32 Å². The summed E-state index contributed by atoms with van der Waals surface area (Å²) in [6.07, 6.45) is 0. The normalized spacial score (nSPS) is 15.0. The Labute approximate surface area is 143 Å². The van der Waals surface area contributed by atoms with Crippen LogP contribution in [0.25, 0.3) is 10.7 Å². The number of carbonyl (C=O) groups excluding carboxylic acids is 1. The lowest BCUT2D eigenvalue weighted by Crippen LogP contribution is -2.51. The minimum atomic E-state index is -0.882. The minimum Gasteiger partial charge on any atom is -0.337 e. The quantitative estimate of drug-likeness (QED) is 0.782. The molecule has 8 heteroatoms. The summed E-state index contributed by atoms with van der Waals surface area (Å²) in [4.78, 5) is 17.7. The second-order valence-corrected chi connectivity index (χ2v) is 7.92. The number of rotatable bonds is 6. The Hall–Kier alpha value is -1.85. The molecule has 2 N–H and O–H groups in total. The molecule has 2 aromatic rings. The molecule has 2 aromatic heterocycles. The zero-order valence-corrected chi connectivity index (χ0v) is 15.1. The zero-order chi connectivity index (χ0) is 17.0. The number of nitrogens with one attached hydrogen (secondary N) is 2. The van der Waals surface area contributed by atoms with Crippen LogP contribution in [0.15, 0.2) is 22.7 Å². The summed E-state index contributed by atoms with van der Waals surface area (Å²) >= 11 is 2.83. The van der Waals surface area contributed by atoms with Crippen LogP contribution in [0.5, 0.6) is 0 Å². The van der Waals surface area contributed by atoms with Gasteiger partial charge in [-0.15, -0.1) is 16.4 Å². The average Bonchev–Trinajstić information content (AvgIpc) is 3.17. The second-order valence-electron chi connectivity index (χ2n) is 5.66. The van der Waals surface area contributed by atoms with Crippen LogP contribution in [-0.4, -0.2) is 31.9 Å². The molecule has 2 rings (SSSR count). The fourth-order valence-electron chi connectivity index (χ4n) is 1.69.